The lowest BCUT2D eigenvalue weighted by Gasteiger charge is -2.33. The molecule has 0 saturated carbocycles. The van der Waals surface area contributed by atoms with Crippen LogP contribution in [-0.4, -0.2) is 62.6 Å². The van der Waals surface area contributed by atoms with E-state index in [0.717, 1.165) is 55.4 Å². The molecule has 0 radical (unpaired) electrons. The van der Waals surface area contributed by atoms with E-state index in [9.17, 15) is 0 Å². The molecule has 30 heavy (non-hydrogen) atoms. The molecular weight excluding hydrogens is 380 g/mol. The van der Waals surface area contributed by atoms with Crippen LogP contribution in [0.3, 0.4) is 0 Å². The van der Waals surface area contributed by atoms with Crippen LogP contribution in [0.15, 0.2) is 59.4 Å². The van der Waals surface area contributed by atoms with Gasteiger partial charge in [-0.3, -0.25) is 9.80 Å². The number of methoxy groups -OCH3 is 1. The van der Waals surface area contributed by atoms with Gasteiger partial charge in [0, 0.05) is 50.7 Å². The molecule has 1 aliphatic rings. The van der Waals surface area contributed by atoms with Crippen molar-refractivity contribution in [2.45, 2.75) is 13.1 Å². The van der Waals surface area contributed by atoms with Crippen LogP contribution in [0.25, 0.3) is 17.0 Å². The molecule has 8 nitrogen and oxygen atoms in total. The highest BCUT2D eigenvalue weighted by molar-refractivity contribution is 5.56. The molecule has 1 aromatic carbocycles. The molecule has 0 amide bonds. The smallest absolute Gasteiger partial charge is 0.241 e. The van der Waals surface area contributed by atoms with E-state index >= 15 is 0 Å². The predicted molar refractivity (Wildman–Crippen MR) is 112 cm³/mol. The van der Waals surface area contributed by atoms with Crippen molar-refractivity contribution in [3.63, 3.8) is 0 Å². The molecular formula is C22H24N6O2. The van der Waals surface area contributed by atoms with Crippen LogP contribution in [0.5, 0.6) is 5.75 Å². The summed E-state index contributed by atoms with van der Waals surface area (Å²) in [5.41, 5.74) is 2.99. The highest BCUT2D eigenvalue weighted by Gasteiger charge is 2.20. The fourth-order valence-corrected chi connectivity index (χ4v) is 3.79. The van der Waals surface area contributed by atoms with E-state index in [1.807, 2.05) is 48.7 Å². The summed E-state index contributed by atoms with van der Waals surface area (Å²) in [6, 6.07) is 13.8. The van der Waals surface area contributed by atoms with Gasteiger partial charge in [-0.1, -0.05) is 23.4 Å². The van der Waals surface area contributed by atoms with E-state index in [4.69, 9.17) is 14.2 Å². The number of nitrogens with zero attached hydrogens (tertiary/aromatic N) is 6. The number of fused-ring (bicyclic) bond motifs is 1. The zero-order chi connectivity index (χ0) is 20.3. The number of pyridine rings is 1. The Morgan fingerprint density at radius 2 is 1.80 bits per heavy atom. The van der Waals surface area contributed by atoms with Crippen LogP contribution >= 0.6 is 0 Å². The van der Waals surface area contributed by atoms with Gasteiger partial charge in [0.05, 0.1) is 19.3 Å². The lowest BCUT2D eigenvalue weighted by Crippen LogP contribution is -2.45. The second kappa shape index (κ2) is 8.25. The van der Waals surface area contributed by atoms with Crippen molar-refractivity contribution in [2.75, 3.05) is 33.3 Å². The number of piperazine rings is 1. The van der Waals surface area contributed by atoms with Crippen LogP contribution in [0.4, 0.5) is 0 Å². The Hall–Kier alpha value is -3.23. The number of hydrogen-bond donors (Lipinski definition) is 0. The Labute approximate surface area is 174 Å². The zero-order valence-corrected chi connectivity index (χ0v) is 16.9. The fourth-order valence-electron chi connectivity index (χ4n) is 3.79. The molecule has 154 valence electrons. The zero-order valence-electron chi connectivity index (χ0n) is 16.9. The average molecular weight is 404 g/mol. The van der Waals surface area contributed by atoms with Gasteiger partial charge in [-0.25, -0.2) is 4.98 Å². The summed E-state index contributed by atoms with van der Waals surface area (Å²) in [5, 5.41) is 4.13. The number of ether oxygens (including phenoxy) is 1. The summed E-state index contributed by atoms with van der Waals surface area (Å²) in [6.45, 7) is 5.44. The molecule has 0 bridgehead atoms. The highest BCUT2D eigenvalue weighted by Crippen LogP contribution is 2.21. The van der Waals surface area contributed by atoms with E-state index < -0.39 is 0 Å². The maximum Gasteiger partial charge on any atom is 0.241 e. The Morgan fingerprint density at radius 1 is 0.967 bits per heavy atom. The average Bonchev–Trinajstić information content (AvgIpc) is 3.41. The van der Waals surface area contributed by atoms with E-state index in [1.165, 1.54) is 0 Å². The monoisotopic (exact) mass is 404 g/mol. The summed E-state index contributed by atoms with van der Waals surface area (Å²) in [7, 11) is 1.65. The molecule has 5 rings (SSSR count). The summed E-state index contributed by atoms with van der Waals surface area (Å²) in [5.74, 6) is 2.01. The lowest BCUT2D eigenvalue weighted by atomic mass is 10.2. The van der Waals surface area contributed by atoms with E-state index in [1.54, 1.807) is 7.11 Å². The van der Waals surface area contributed by atoms with E-state index in [-0.39, 0.29) is 0 Å². The van der Waals surface area contributed by atoms with Crippen LogP contribution < -0.4 is 4.74 Å². The maximum atomic E-state index is 5.48. The third-order valence-electron chi connectivity index (χ3n) is 5.42. The molecule has 0 spiro atoms. The van der Waals surface area contributed by atoms with Gasteiger partial charge >= 0.3 is 0 Å². The van der Waals surface area contributed by atoms with Gasteiger partial charge < -0.3 is 13.7 Å². The second-order valence-corrected chi connectivity index (χ2v) is 7.49. The molecule has 0 N–H and O–H groups in total. The minimum atomic E-state index is 0.592. The fraction of sp³-hybridized carbons (Fsp3) is 0.318. The number of aromatic nitrogens is 4. The molecule has 0 unspecified atom stereocenters. The second-order valence-electron chi connectivity index (χ2n) is 7.49. The SMILES string of the molecule is COc1cccc(-c2noc(CN3CCN(Cc4cn5ccccc5n4)CC3)n2)c1. The summed E-state index contributed by atoms with van der Waals surface area (Å²) < 4.78 is 12.8. The Balaban J connectivity index is 1.16. The van der Waals surface area contributed by atoms with Crippen molar-refractivity contribution in [3.8, 4) is 17.1 Å². The number of imidazole rings is 1. The third-order valence-corrected chi connectivity index (χ3v) is 5.42. The van der Waals surface area contributed by atoms with Crippen molar-refractivity contribution < 1.29 is 9.26 Å². The molecule has 8 heteroatoms. The quantitative estimate of drug-likeness (QED) is 0.489. The van der Waals surface area contributed by atoms with Crippen molar-refractivity contribution in [1.29, 1.82) is 0 Å². The molecule has 4 heterocycles. The first kappa shape index (κ1) is 18.8. The first-order valence-corrected chi connectivity index (χ1v) is 10.1. The predicted octanol–water partition coefficient (Wildman–Crippen LogP) is 2.71. The molecule has 4 aromatic rings. The number of hydrogen-bond acceptors (Lipinski definition) is 7. The Bertz CT molecular complexity index is 1100. The highest BCUT2D eigenvalue weighted by atomic mass is 16.5. The minimum absolute atomic E-state index is 0.592. The molecule has 1 fully saturated rings. The van der Waals surface area contributed by atoms with Crippen LogP contribution in [0.2, 0.25) is 0 Å². The largest absolute Gasteiger partial charge is 0.497 e. The van der Waals surface area contributed by atoms with E-state index in [2.05, 4.69) is 30.5 Å². The maximum absolute atomic E-state index is 5.48. The summed E-state index contributed by atoms with van der Waals surface area (Å²) >= 11 is 0. The molecule has 1 saturated heterocycles. The molecule has 0 atom stereocenters. The third kappa shape index (κ3) is 4.05. The van der Waals surface area contributed by atoms with Crippen LogP contribution in [0, 0.1) is 0 Å². The van der Waals surface area contributed by atoms with Crippen molar-refractivity contribution in [3.05, 3.63) is 66.4 Å². The van der Waals surface area contributed by atoms with Gasteiger partial charge in [0.1, 0.15) is 11.4 Å². The van der Waals surface area contributed by atoms with Gasteiger partial charge in [0.2, 0.25) is 11.7 Å². The Morgan fingerprint density at radius 3 is 2.60 bits per heavy atom. The van der Waals surface area contributed by atoms with Gasteiger partial charge in [-0.05, 0) is 24.3 Å². The normalized spacial score (nSPS) is 15.6. The number of rotatable bonds is 6. The van der Waals surface area contributed by atoms with Crippen molar-refractivity contribution in [1.82, 2.24) is 29.3 Å². The standard InChI is InChI=1S/C22H24N6O2/c1-29-19-6-4-5-17(13-19)22-24-21(30-25-22)16-27-11-9-26(10-12-27)14-18-15-28-8-3-2-7-20(28)23-18/h2-8,13,15H,9-12,14,16H2,1H3. The molecule has 0 aliphatic carbocycles. The lowest BCUT2D eigenvalue weighted by molar-refractivity contribution is 0.111. The summed E-state index contributed by atoms with van der Waals surface area (Å²) in [4.78, 5) is 14.1. The van der Waals surface area contributed by atoms with Crippen LogP contribution in [0.1, 0.15) is 11.6 Å². The minimum Gasteiger partial charge on any atom is -0.497 e. The van der Waals surface area contributed by atoms with E-state index in [0.29, 0.717) is 18.3 Å². The van der Waals surface area contributed by atoms with Crippen molar-refractivity contribution in [2.24, 2.45) is 0 Å². The van der Waals surface area contributed by atoms with Crippen molar-refractivity contribution >= 4 is 5.65 Å². The first-order chi connectivity index (χ1) is 14.8. The molecule has 3 aromatic heterocycles. The Kier molecular flexibility index (Phi) is 5.17. The first-order valence-electron chi connectivity index (χ1n) is 10.1. The molecule has 1 aliphatic heterocycles. The van der Waals surface area contributed by atoms with Crippen LogP contribution in [-0.2, 0) is 13.1 Å². The van der Waals surface area contributed by atoms with Gasteiger partial charge in [0.15, 0.2) is 0 Å². The topological polar surface area (TPSA) is 71.9 Å². The van der Waals surface area contributed by atoms with Gasteiger partial charge in [-0.15, -0.1) is 0 Å². The summed E-state index contributed by atoms with van der Waals surface area (Å²) in [6.07, 6.45) is 4.15. The van der Waals surface area contributed by atoms with Gasteiger partial charge in [0.25, 0.3) is 0 Å². The van der Waals surface area contributed by atoms with Gasteiger partial charge in [-0.2, -0.15) is 4.98 Å². The number of benzene rings is 1.